The van der Waals surface area contributed by atoms with E-state index in [2.05, 4.69) is 17.6 Å². The van der Waals surface area contributed by atoms with E-state index in [9.17, 15) is 9.59 Å². The Kier molecular flexibility index (Phi) is 6.43. The highest BCUT2D eigenvalue weighted by Gasteiger charge is 2.13. The Hall–Kier alpha value is -2.04. The van der Waals surface area contributed by atoms with Crippen LogP contribution in [0.15, 0.2) is 24.3 Å². The van der Waals surface area contributed by atoms with Crippen LogP contribution >= 0.6 is 0 Å². The molecule has 0 saturated heterocycles. The van der Waals surface area contributed by atoms with Crippen LogP contribution in [0.1, 0.15) is 30.1 Å². The Morgan fingerprint density at radius 3 is 2.68 bits per heavy atom. The van der Waals surface area contributed by atoms with Crippen molar-refractivity contribution in [3.8, 4) is 0 Å². The molecule has 0 bridgehead atoms. The van der Waals surface area contributed by atoms with Crippen LogP contribution in [-0.4, -0.2) is 32.1 Å². The second-order valence-corrected chi connectivity index (χ2v) is 4.08. The van der Waals surface area contributed by atoms with E-state index in [-0.39, 0.29) is 12.5 Å². The fourth-order valence-electron chi connectivity index (χ4n) is 1.50. The van der Waals surface area contributed by atoms with Gasteiger partial charge >= 0.3 is 5.97 Å². The van der Waals surface area contributed by atoms with E-state index in [1.165, 1.54) is 7.05 Å². The van der Waals surface area contributed by atoms with Gasteiger partial charge in [-0.2, -0.15) is 0 Å². The lowest BCUT2D eigenvalue weighted by atomic mass is 10.1. The molecule has 0 aliphatic heterocycles. The quantitative estimate of drug-likeness (QED) is 0.582. The molecule has 0 aliphatic carbocycles. The molecular formula is C14H20N2O3. The monoisotopic (exact) mass is 264 g/mol. The summed E-state index contributed by atoms with van der Waals surface area (Å²) in [4.78, 5) is 22.9. The summed E-state index contributed by atoms with van der Waals surface area (Å²) in [5, 5.41) is 5.59. The van der Waals surface area contributed by atoms with Gasteiger partial charge in [0.05, 0.1) is 5.56 Å². The second-order valence-electron chi connectivity index (χ2n) is 4.08. The lowest BCUT2D eigenvalue weighted by Gasteiger charge is -2.11. The number of hydrogen-bond donors (Lipinski definition) is 2. The van der Waals surface area contributed by atoms with E-state index in [1.807, 2.05) is 12.1 Å². The maximum Gasteiger partial charge on any atom is 0.340 e. The van der Waals surface area contributed by atoms with Crippen molar-refractivity contribution in [1.82, 2.24) is 5.32 Å². The van der Waals surface area contributed by atoms with Gasteiger partial charge in [-0.15, -0.1) is 0 Å². The van der Waals surface area contributed by atoms with Gasteiger partial charge in [-0.1, -0.05) is 25.5 Å². The average Bonchev–Trinajstić information content (AvgIpc) is 2.45. The van der Waals surface area contributed by atoms with Gasteiger partial charge in [0, 0.05) is 19.3 Å². The zero-order valence-corrected chi connectivity index (χ0v) is 11.4. The molecule has 0 saturated carbocycles. The Morgan fingerprint density at radius 2 is 2.00 bits per heavy atom. The molecular weight excluding hydrogens is 244 g/mol. The molecule has 5 nitrogen and oxygen atoms in total. The first-order chi connectivity index (χ1) is 9.19. The summed E-state index contributed by atoms with van der Waals surface area (Å²) in [6, 6.07) is 7.12. The molecule has 0 fully saturated rings. The van der Waals surface area contributed by atoms with E-state index in [4.69, 9.17) is 4.74 Å². The lowest BCUT2D eigenvalue weighted by molar-refractivity contribution is -0.123. The van der Waals surface area contributed by atoms with Gasteiger partial charge < -0.3 is 15.4 Å². The molecule has 1 aromatic carbocycles. The third-order valence-corrected chi connectivity index (χ3v) is 2.61. The number of ether oxygens (including phenoxy) is 1. The van der Waals surface area contributed by atoms with Crippen LogP contribution < -0.4 is 10.6 Å². The van der Waals surface area contributed by atoms with Gasteiger partial charge in [0.2, 0.25) is 0 Å². The van der Waals surface area contributed by atoms with Crippen LogP contribution in [0.5, 0.6) is 0 Å². The number of likely N-dealkylation sites (N-methyl/N-ethyl adjacent to an activating group) is 1. The van der Waals surface area contributed by atoms with Crippen LogP contribution in [0.2, 0.25) is 0 Å². The molecule has 0 unspecified atom stereocenters. The summed E-state index contributed by atoms with van der Waals surface area (Å²) in [5.41, 5.74) is 1.18. The number of amides is 1. The Balaban J connectivity index is 2.65. The minimum absolute atomic E-state index is 0.265. The number of anilines is 1. The number of nitrogens with one attached hydrogen (secondary N) is 2. The molecule has 0 atom stereocenters. The smallest absolute Gasteiger partial charge is 0.340 e. The molecule has 104 valence electrons. The van der Waals surface area contributed by atoms with Crippen LogP contribution in [0, 0.1) is 0 Å². The number of carbonyl (C=O) groups excluding carboxylic acids is 2. The van der Waals surface area contributed by atoms with Gasteiger partial charge in [0.25, 0.3) is 5.91 Å². The molecule has 19 heavy (non-hydrogen) atoms. The lowest BCUT2D eigenvalue weighted by Crippen LogP contribution is -2.25. The Morgan fingerprint density at radius 1 is 1.26 bits per heavy atom. The molecule has 1 aromatic rings. The van der Waals surface area contributed by atoms with Crippen LogP contribution in [-0.2, 0) is 9.53 Å². The van der Waals surface area contributed by atoms with Gasteiger partial charge in [-0.25, -0.2) is 4.79 Å². The van der Waals surface area contributed by atoms with Crippen molar-refractivity contribution in [2.45, 2.75) is 19.8 Å². The van der Waals surface area contributed by atoms with E-state index < -0.39 is 5.97 Å². The van der Waals surface area contributed by atoms with Crippen molar-refractivity contribution in [2.75, 3.05) is 25.5 Å². The SMILES string of the molecule is CCCCNc1ccccc1C(=O)OCC(=O)NC. The summed E-state index contributed by atoms with van der Waals surface area (Å²) < 4.78 is 4.94. The predicted molar refractivity (Wildman–Crippen MR) is 74.2 cm³/mol. The minimum Gasteiger partial charge on any atom is -0.452 e. The second kappa shape index (κ2) is 8.13. The molecule has 5 heteroatoms. The largest absolute Gasteiger partial charge is 0.452 e. The normalized spacial score (nSPS) is 9.79. The highest BCUT2D eigenvalue weighted by atomic mass is 16.5. The summed E-state index contributed by atoms with van der Waals surface area (Å²) >= 11 is 0. The van der Waals surface area contributed by atoms with Gasteiger partial charge in [-0.05, 0) is 18.6 Å². The number of hydrogen-bond acceptors (Lipinski definition) is 4. The summed E-state index contributed by atoms with van der Waals surface area (Å²) in [6.45, 7) is 2.64. The molecule has 2 N–H and O–H groups in total. The number of benzene rings is 1. The Labute approximate surface area is 113 Å². The topological polar surface area (TPSA) is 67.4 Å². The maximum absolute atomic E-state index is 11.9. The van der Waals surface area contributed by atoms with E-state index in [0.29, 0.717) is 5.56 Å². The average molecular weight is 264 g/mol. The number of unbranched alkanes of at least 4 members (excludes halogenated alkanes) is 1. The number of esters is 1. The van der Waals surface area contributed by atoms with Crippen molar-refractivity contribution >= 4 is 17.6 Å². The van der Waals surface area contributed by atoms with Crippen molar-refractivity contribution in [3.63, 3.8) is 0 Å². The first kappa shape index (κ1) is 15.0. The zero-order chi connectivity index (χ0) is 14.1. The standard InChI is InChI=1S/C14H20N2O3/c1-3-4-9-16-12-8-6-5-7-11(12)14(18)19-10-13(17)15-2/h5-8,16H,3-4,9-10H2,1-2H3,(H,15,17). The predicted octanol–water partition coefficient (Wildman–Crippen LogP) is 1.80. The third-order valence-electron chi connectivity index (χ3n) is 2.61. The first-order valence-electron chi connectivity index (χ1n) is 6.39. The fourth-order valence-corrected chi connectivity index (χ4v) is 1.50. The molecule has 0 aliphatic rings. The highest BCUT2D eigenvalue weighted by Crippen LogP contribution is 2.16. The molecule has 0 heterocycles. The molecule has 0 spiro atoms. The number of rotatable bonds is 7. The molecule has 0 aromatic heterocycles. The van der Waals surface area contributed by atoms with Crippen molar-refractivity contribution in [1.29, 1.82) is 0 Å². The summed E-state index contributed by atoms with van der Waals surface area (Å²) in [7, 11) is 1.50. The summed E-state index contributed by atoms with van der Waals surface area (Å²) in [5.74, 6) is -0.826. The fraction of sp³-hybridized carbons (Fsp3) is 0.429. The van der Waals surface area contributed by atoms with Crippen LogP contribution in [0.25, 0.3) is 0 Å². The van der Waals surface area contributed by atoms with Crippen LogP contribution in [0.3, 0.4) is 0 Å². The van der Waals surface area contributed by atoms with Crippen molar-refractivity contribution in [2.24, 2.45) is 0 Å². The van der Waals surface area contributed by atoms with Gasteiger partial charge in [0.15, 0.2) is 6.61 Å². The van der Waals surface area contributed by atoms with Crippen molar-refractivity contribution < 1.29 is 14.3 Å². The van der Waals surface area contributed by atoms with E-state index in [0.717, 1.165) is 25.1 Å². The third kappa shape index (κ3) is 4.99. The van der Waals surface area contributed by atoms with Gasteiger partial charge in [0.1, 0.15) is 0 Å². The Bertz CT molecular complexity index is 432. The number of carbonyl (C=O) groups is 2. The zero-order valence-electron chi connectivity index (χ0n) is 11.4. The maximum atomic E-state index is 11.9. The van der Waals surface area contributed by atoms with E-state index in [1.54, 1.807) is 12.1 Å². The van der Waals surface area contributed by atoms with Crippen LogP contribution in [0.4, 0.5) is 5.69 Å². The van der Waals surface area contributed by atoms with Gasteiger partial charge in [-0.3, -0.25) is 4.79 Å². The van der Waals surface area contributed by atoms with E-state index >= 15 is 0 Å². The summed E-state index contributed by atoms with van der Waals surface area (Å²) in [6.07, 6.45) is 2.11. The first-order valence-corrected chi connectivity index (χ1v) is 6.39. The highest BCUT2D eigenvalue weighted by molar-refractivity contribution is 5.96. The minimum atomic E-state index is -0.497. The molecule has 1 amide bonds. The van der Waals surface area contributed by atoms with Crippen molar-refractivity contribution in [3.05, 3.63) is 29.8 Å². The number of para-hydroxylation sites is 1. The molecule has 0 radical (unpaired) electrons. The molecule has 1 rings (SSSR count).